The van der Waals surface area contributed by atoms with Gasteiger partial charge in [-0.05, 0) is 18.2 Å². The molecule has 1 aromatic carbocycles. The van der Waals surface area contributed by atoms with Gasteiger partial charge >= 0.3 is 5.69 Å². The van der Waals surface area contributed by atoms with Crippen molar-refractivity contribution in [1.82, 2.24) is 25.0 Å². The van der Waals surface area contributed by atoms with Gasteiger partial charge in [-0.3, -0.25) is 5.10 Å². The normalized spacial score (nSPS) is 10.6. The van der Waals surface area contributed by atoms with Crippen molar-refractivity contribution in [1.29, 1.82) is 0 Å². The minimum Gasteiger partial charge on any atom is -0.278 e. The molecule has 3 aromatic rings. The molecule has 0 amide bonds. The van der Waals surface area contributed by atoms with Gasteiger partial charge in [0.15, 0.2) is 0 Å². The topological polar surface area (TPSA) is 79.4 Å². The zero-order valence-corrected chi connectivity index (χ0v) is 8.79. The van der Waals surface area contributed by atoms with E-state index in [2.05, 4.69) is 20.4 Å². The first-order valence-electron chi connectivity index (χ1n) is 5.07. The lowest BCUT2D eigenvalue weighted by molar-refractivity contribution is 0.982. The van der Waals surface area contributed by atoms with Crippen LogP contribution in [0.3, 0.4) is 0 Å². The van der Waals surface area contributed by atoms with Crippen molar-refractivity contribution in [2.45, 2.75) is 0 Å². The summed E-state index contributed by atoms with van der Waals surface area (Å²) >= 11 is 0. The molecular formula is C11H9N5O. The van der Waals surface area contributed by atoms with Crippen LogP contribution in [0.2, 0.25) is 0 Å². The molecule has 2 N–H and O–H groups in total. The highest BCUT2D eigenvalue weighted by molar-refractivity contribution is 5.61. The maximum atomic E-state index is 11.4. The molecular weight excluding hydrogens is 218 g/mol. The van der Waals surface area contributed by atoms with E-state index < -0.39 is 0 Å². The third-order valence-corrected chi connectivity index (χ3v) is 2.49. The lowest BCUT2D eigenvalue weighted by Crippen LogP contribution is -2.13. The Morgan fingerprint density at radius 2 is 2.06 bits per heavy atom. The smallest absolute Gasteiger partial charge is 0.278 e. The Labute approximate surface area is 95.9 Å². The number of hydrogen-bond donors (Lipinski definition) is 2. The average Bonchev–Trinajstić information content (AvgIpc) is 2.99. The highest BCUT2D eigenvalue weighted by Crippen LogP contribution is 2.18. The van der Waals surface area contributed by atoms with E-state index >= 15 is 0 Å². The van der Waals surface area contributed by atoms with Crippen LogP contribution in [0.25, 0.3) is 16.9 Å². The van der Waals surface area contributed by atoms with E-state index in [0.717, 1.165) is 16.9 Å². The summed E-state index contributed by atoms with van der Waals surface area (Å²) in [4.78, 5) is 11.4. The molecule has 0 aliphatic heterocycles. The number of nitrogens with one attached hydrogen (secondary N) is 2. The summed E-state index contributed by atoms with van der Waals surface area (Å²) in [7, 11) is 0. The molecule has 0 atom stereocenters. The van der Waals surface area contributed by atoms with E-state index in [1.807, 2.05) is 30.3 Å². The zero-order valence-electron chi connectivity index (χ0n) is 8.79. The minimum atomic E-state index is -0.258. The number of nitrogens with zero attached hydrogens (tertiary/aromatic N) is 3. The summed E-state index contributed by atoms with van der Waals surface area (Å²) in [5.41, 5.74) is 2.37. The first kappa shape index (κ1) is 9.59. The summed E-state index contributed by atoms with van der Waals surface area (Å²) in [6.07, 6.45) is 3.14. The van der Waals surface area contributed by atoms with Crippen LogP contribution >= 0.6 is 0 Å². The van der Waals surface area contributed by atoms with E-state index in [4.69, 9.17) is 0 Å². The number of aromatic amines is 2. The van der Waals surface area contributed by atoms with E-state index in [9.17, 15) is 4.79 Å². The fourth-order valence-electron chi connectivity index (χ4n) is 1.67. The second-order valence-corrected chi connectivity index (χ2v) is 3.55. The Balaban J connectivity index is 2.12. The highest BCUT2D eigenvalue weighted by atomic mass is 16.1. The van der Waals surface area contributed by atoms with E-state index in [-0.39, 0.29) is 5.69 Å². The summed E-state index contributed by atoms with van der Waals surface area (Å²) in [6, 6.07) is 9.44. The maximum Gasteiger partial charge on any atom is 0.347 e. The highest BCUT2D eigenvalue weighted by Gasteiger charge is 2.03. The van der Waals surface area contributed by atoms with Crippen LogP contribution in [-0.4, -0.2) is 25.0 Å². The molecule has 0 spiro atoms. The molecule has 2 heterocycles. The number of rotatable bonds is 2. The summed E-state index contributed by atoms with van der Waals surface area (Å²) in [5, 5.41) is 12.8. The maximum absolute atomic E-state index is 11.4. The van der Waals surface area contributed by atoms with Crippen molar-refractivity contribution in [3.63, 3.8) is 0 Å². The van der Waals surface area contributed by atoms with Crippen molar-refractivity contribution in [3.8, 4) is 16.9 Å². The Bertz CT molecular complexity index is 680. The Kier molecular flexibility index (Phi) is 2.11. The molecule has 0 saturated carbocycles. The van der Waals surface area contributed by atoms with Gasteiger partial charge in [0.1, 0.15) is 6.33 Å². The van der Waals surface area contributed by atoms with Crippen molar-refractivity contribution in [3.05, 3.63) is 53.3 Å². The van der Waals surface area contributed by atoms with E-state index in [0.29, 0.717) is 0 Å². The van der Waals surface area contributed by atoms with Crippen molar-refractivity contribution in [2.24, 2.45) is 0 Å². The fourth-order valence-corrected chi connectivity index (χ4v) is 1.67. The van der Waals surface area contributed by atoms with Crippen molar-refractivity contribution in [2.75, 3.05) is 0 Å². The molecule has 2 aromatic heterocycles. The molecule has 0 radical (unpaired) electrons. The average molecular weight is 227 g/mol. The minimum absolute atomic E-state index is 0.258. The summed E-state index contributed by atoms with van der Waals surface area (Å²) < 4.78 is 1.44. The van der Waals surface area contributed by atoms with Gasteiger partial charge in [0.05, 0.1) is 11.4 Å². The fraction of sp³-hybridized carbons (Fsp3) is 0. The van der Waals surface area contributed by atoms with Crippen molar-refractivity contribution >= 4 is 0 Å². The Morgan fingerprint density at radius 3 is 2.76 bits per heavy atom. The Hall–Kier alpha value is -2.63. The lowest BCUT2D eigenvalue weighted by Gasteiger charge is -2.02. The van der Waals surface area contributed by atoms with Gasteiger partial charge in [0.25, 0.3) is 0 Å². The summed E-state index contributed by atoms with van der Waals surface area (Å²) in [6.45, 7) is 0. The van der Waals surface area contributed by atoms with Crippen LogP contribution in [0.4, 0.5) is 0 Å². The van der Waals surface area contributed by atoms with Gasteiger partial charge in [-0.25, -0.2) is 14.5 Å². The third-order valence-electron chi connectivity index (χ3n) is 2.49. The quantitative estimate of drug-likeness (QED) is 0.684. The van der Waals surface area contributed by atoms with Gasteiger partial charge < -0.3 is 0 Å². The van der Waals surface area contributed by atoms with Gasteiger partial charge in [-0.15, -0.1) is 0 Å². The van der Waals surface area contributed by atoms with Crippen LogP contribution in [0.15, 0.2) is 47.7 Å². The van der Waals surface area contributed by atoms with Crippen LogP contribution < -0.4 is 5.69 Å². The molecule has 0 unspecified atom stereocenters. The van der Waals surface area contributed by atoms with Crippen LogP contribution in [0.1, 0.15) is 0 Å². The first-order valence-corrected chi connectivity index (χ1v) is 5.07. The Morgan fingerprint density at radius 1 is 1.12 bits per heavy atom. The zero-order chi connectivity index (χ0) is 11.7. The predicted molar refractivity (Wildman–Crippen MR) is 61.8 cm³/mol. The van der Waals surface area contributed by atoms with Crippen LogP contribution in [0, 0.1) is 0 Å². The number of H-pyrrole nitrogens is 2. The van der Waals surface area contributed by atoms with Gasteiger partial charge in [0, 0.05) is 11.8 Å². The van der Waals surface area contributed by atoms with Gasteiger partial charge in [-0.1, -0.05) is 12.1 Å². The third kappa shape index (κ3) is 1.65. The second kappa shape index (κ2) is 3.75. The molecule has 3 rings (SSSR count). The molecule has 17 heavy (non-hydrogen) atoms. The largest absolute Gasteiger partial charge is 0.347 e. The molecule has 0 aliphatic rings. The molecule has 6 heteroatoms. The number of aromatic nitrogens is 5. The van der Waals surface area contributed by atoms with E-state index in [1.54, 1.807) is 6.20 Å². The molecule has 0 saturated heterocycles. The molecule has 84 valence electrons. The first-order chi connectivity index (χ1) is 8.34. The van der Waals surface area contributed by atoms with Crippen molar-refractivity contribution < 1.29 is 0 Å². The standard InChI is InChI=1S/C11H9N5O/c17-11-15-13-7-16(11)9-3-1-2-8(6-9)10-4-5-12-14-10/h1-7H,(H,12,14)(H,15,17). The van der Waals surface area contributed by atoms with E-state index in [1.165, 1.54) is 10.9 Å². The van der Waals surface area contributed by atoms with Gasteiger partial charge in [0.2, 0.25) is 0 Å². The van der Waals surface area contributed by atoms with Crippen LogP contribution in [0.5, 0.6) is 0 Å². The lowest BCUT2D eigenvalue weighted by atomic mass is 10.1. The molecule has 6 nitrogen and oxygen atoms in total. The van der Waals surface area contributed by atoms with Gasteiger partial charge in [-0.2, -0.15) is 10.2 Å². The monoisotopic (exact) mass is 227 g/mol. The predicted octanol–water partition coefficient (Wildman–Crippen LogP) is 0.951. The SMILES string of the molecule is O=c1[nH]ncn1-c1cccc(-c2ccn[nH]2)c1. The second-order valence-electron chi connectivity index (χ2n) is 3.55. The summed E-state index contributed by atoms with van der Waals surface area (Å²) in [5.74, 6) is 0. The number of hydrogen-bond acceptors (Lipinski definition) is 3. The number of benzene rings is 1. The molecule has 0 fully saturated rings. The molecule has 0 aliphatic carbocycles. The van der Waals surface area contributed by atoms with Crippen LogP contribution in [-0.2, 0) is 0 Å². The molecule has 0 bridgehead atoms.